The Morgan fingerprint density at radius 2 is 1.69 bits per heavy atom. The fourth-order valence-electron chi connectivity index (χ4n) is 3.29. The third-order valence-electron chi connectivity index (χ3n) is 5.10. The van der Waals surface area contributed by atoms with Gasteiger partial charge in [-0.1, -0.05) is 29.8 Å². The lowest BCUT2D eigenvalue weighted by Crippen LogP contribution is -2.42. The first-order chi connectivity index (χ1) is 13.8. The minimum Gasteiger partial charge on any atom is -0.352 e. The van der Waals surface area contributed by atoms with E-state index in [9.17, 15) is 23.3 Å². The molecule has 1 heterocycles. The van der Waals surface area contributed by atoms with E-state index in [0.717, 1.165) is 11.1 Å². The van der Waals surface area contributed by atoms with Crippen molar-refractivity contribution in [3.63, 3.8) is 0 Å². The summed E-state index contributed by atoms with van der Waals surface area (Å²) in [7, 11) is -3.55. The average molecular weight is 417 g/mol. The van der Waals surface area contributed by atoms with Crippen LogP contribution in [0.15, 0.2) is 53.4 Å². The Morgan fingerprint density at radius 3 is 2.24 bits per heavy atom. The molecular formula is C20H23N3O5S. The highest BCUT2D eigenvalue weighted by molar-refractivity contribution is 7.89. The van der Waals surface area contributed by atoms with E-state index in [-0.39, 0.29) is 29.0 Å². The van der Waals surface area contributed by atoms with Gasteiger partial charge in [-0.25, -0.2) is 8.42 Å². The quantitative estimate of drug-likeness (QED) is 0.574. The van der Waals surface area contributed by atoms with Gasteiger partial charge in [-0.05, 0) is 37.5 Å². The third kappa shape index (κ3) is 4.99. The highest BCUT2D eigenvalue weighted by atomic mass is 32.2. The molecule has 154 valence electrons. The van der Waals surface area contributed by atoms with E-state index in [4.69, 9.17) is 0 Å². The molecule has 29 heavy (non-hydrogen) atoms. The number of carbonyl (C=O) groups is 1. The molecule has 0 bridgehead atoms. The van der Waals surface area contributed by atoms with Crippen molar-refractivity contribution in [3.8, 4) is 0 Å². The first-order valence-electron chi connectivity index (χ1n) is 9.35. The molecule has 1 amide bonds. The van der Waals surface area contributed by atoms with E-state index in [1.807, 2.05) is 6.92 Å². The summed E-state index contributed by atoms with van der Waals surface area (Å²) in [6.07, 6.45) is 0.911. The monoisotopic (exact) mass is 417 g/mol. The van der Waals surface area contributed by atoms with Crippen LogP contribution < -0.4 is 5.32 Å². The van der Waals surface area contributed by atoms with Crippen molar-refractivity contribution in [1.82, 2.24) is 9.62 Å². The number of hydrogen-bond acceptors (Lipinski definition) is 5. The Labute approximate surface area is 169 Å². The first-order valence-corrected chi connectivity index (χ1v) is 10.8. The third-order valence-corrected chi connectivity index (χ3v) is 7.01. The topological polar surface area (TPSA) is 110 Å². The summed E-state index contributed by atoms with van der Waals surface area (Å²) < 4.78 is 26.9. The van der Waals surface area contributed by atoms with Crippen LogP contribution in [0.4, 0.5) is 5.69 Å². The molecule has 2 aromatic rings. The van der Waals surface area contributed by atoms with Crippen molar-refractivity contribution in [2.45, 2.75) is 31.2 Å². The number of sulfonamides is 1. The van der Waals surface area contributed by atoms with Gasteiger partial charge in [0, 0.05) is 37.7 Å². The molecule has 1 saturated heterocycles. The Morgan fingerprint density at radius 1 is 1.10 bits per heavy atom. The number of rotatable bonds is 6. The highest BCUT2D eigenvalue weighted by Gasteiger charge is 2.31. The van der Waals surface area contributed by atoms with Crippen LogP contribution in [0.1, 0.15) is 24.0 Å². The van der Waals surface area contributed by atoms with Crippen LogP contribution in [0.25, 0.3) is 0 Å². The molecule has 9 heteroatoms. The van der Waals surface area contributed by atoms with Gasteiger partial charge in [0.15, 0.2) is 0 Å². The number of amides is 1. The molecule has 0 aromatic heterocycles. The lowest BCUT2D eigenvalue weighted by atomic mass is 9.97. The standard InChI is InChI=1S/C20H23N3O5S/c1-15-2-8-19(9-3-15)29(27,28)22-12-10-17(11-13-22)20(24)21-14-16-4-6-18(7-5-16)23(25)26/h2-9,17H,10-14H2,1H3,(H,21,24). The smallest absolute Gasteiger partial charge is 0.269 e. The minimum atomic E-state index is -3.55. The van der Waals surface area contributed by atoms with Crippen LogP contribution in [-0.2, 0) is 21.4 Å². The fraction of sp³-hybridized carbons (Fsp3) is 0.350. The van der Waals surface area contributed by atoms with Crippen molar-refractivity contribution in [3.05, 3.63) is 69.8 Å². The number of nitro groups is 1. The number of nitrogens with one attached hydrogen (secondary N) is 1. The Kier molecular flexibility index (Phi) is 6.29. The predicted molar refractivity (Wildman–Crippen MR) is 108 cm³/mol. The van der Waals surface area contributed by atoms with Crippen LogP contribution in [0.3, 0.4) is 0 Å². The van der Waals surface area contributed by atoms with Crippen molar-refractivity contribution in [1.29, 1.82) is 0 Å². The maximum Gasteiger partial charge on any atom is 0.269 e. The Bertz CT molecular complexity index is 980. The van der Waals surface area contributed by atoms with Crippen LogP contribution >= 0.6 is 0 Å². The minimum absolute atomic E-state index is 0.00207. The summed E-state index contributed by atoms with van der Waals surface area (Å²) in [5.41, 5.74) is 1.76. The summed E-state index contributed by atoms with van der Waals surface area (Å²) >= 11 is 0. The van der Waals surface area contributed by atoms with E-state index < -0.39 is 14.9 Å². The fourth-order valence-corrected chi connectivity index (χ4v) is 4.76. The number of hydrogen-bond donors (Lipinski definition) is 1. The molecule has 8 nitrogen and oxygen atoms in total. The lowest BCUT2D eigenvalue weighted by Gasteiger charge is -2.30. The van der Waals surface area contributed by atoms with E-state index in [0.29, 0.717) is 25.9 Å². The number of piperidine rings is 1. The molecule has 0 radical (unpaired) electrons. The molecule has 0 atom stereocenters. The summed E-state index contributed by atoms with van der Waals surface area (Å²) in [5.74, 6) is -0.381. The Balaban J connectivity index is 1.52. The number of aryl methyl sites for hydroxylation is 1. The molecule has 1 N–H and O–H groups in total. The van der Waals surface area contributed by atoms with E-state index >= 15 is 0 Å². The van der Waals surface area contributed by atoms with Gasteiger partial charge in [-0.3, -0.25) is 14.9 Å². The van der Waals surface area contributed by atoms with Crippen molar-refractivity contribution < 1.29 is 18.1 Å². The number of carbonyl (C=O) groups excluding carboxylic acids is 1. The second-order valence-corrected chi connectivity index (χ2v) is 9.07. The van der Waals surface area contributed by atoms with Crippen LogP contribution in [0.5, 0.6) is 0 Å². The SMILES string of the molecule is Cc1ccc(S(=O)(=O)N2CCC(C(=O)NCc3ccc([N+](=O)[O-])cc3)CC2)cc1. The number of benzene rings is 2. The predicted octanol–water partition coefficient (Wildman–Crippen LogP) is 2.62. The molecule has 1 aliphatic heterocycles. The zero-order valence-corrected chi connectivity index (χ0v) is 16.9. The zero-order chi connectivity index (χ0) is 21.0. The number of nitrogens with zero attached hydrogens (tertiary/aromatic N) is 2. The molecule has 1 aliphatic rings. The summed E-state index contributed by atoms with van der Waals surface area (Å²) in [6.45, 7) is 2.77. The van der Waals surface area contributed by atoms with E-state index in [1.54, 1.807) is 36.4 Å². The molecule has 0 unspecified atom stereocenters. The largest absolute Gasteiger partial charge is 0.352 e. The van der Waals surface area contributed by atoms with Gasteiger partial charge in [0.1, 0.15) is 0 Å². The van der Waals surface area contributed by atoms with Crippen LogP contribution in [0.2, 0.25) is 0 Å². The van der Waals surface area contributed by atoms with Crippen LogP contribution in [-0.4, -0.2) is 36.6 Å². The van der Waals surface area contributed by atoms with Crippen molar-refractivity contribution >= 4 is 21.6 Å². The van der Waals surface area contributed by atoms with Crippen molar-refractivity contribution in [2.24, 2.45) is 5.92 Å². The summed E-state index contributed by atoms with van der Waals surface area (Å²) in [5, 5.41) is 13.5. The summed E-state index contributed by atoms with van der Waals surface area (Å²) in [4.78, 5) is 22.9. The van der Waals surface area contributed by atoms with Gasteiger partial charge in [0.05, 0.1) is 9.82 Å². The highest BCUT2D eigenvalue weighted by Crippen LogP contribution is 2.24. The maximum absolute atomic E-state index is 12.7. The Hall–Kier alpha value is -2.78. The molecule has 0 saturated carbocycles. The zero-order valence-electron chi connectivity index (χ0n) is 16.1. The summed E-state index contributed by atoms with van der Waals surface area (Å²) in [6, 6.07) is 12.8. The van der Waals surface area contributed by atoms with E-state index in [1.165, 1.54) is 16.4 Å². The van der Waals surface area contributed by atoms with Crippen LogP contribution in [0, 0.1) is 23.0 Å². The van der Waals surface area contributed by atoms with Gasteiger partial charge in [-0.2, -0.15) is 4.31 Å². The van der Waals surface area contributed by atoms with Gasteiger partial charge in [0.25, 0.3) is 5.69 Å². The van der Waals surface area contributed by atoms with E-state index in [2.05, 4.69) is 5.32 Å². The molecule has 3 rings (SSSR count). The molecule has 1 fully saturated rings. The van der Waals surface area contributed by atoms with Gasteiger partial charge >= 0.3 is 0 Å². The second kappa shape index (κ2) is 8.71. The number of nitro benzene ring substituents is 1. The molecule has 0 aliphatic carbocycles. The second-order valence-electron chi connectivity index (χ2n) is 7.13. The first kappa shape index (κ1) is 20.9. The normalized spacial score (nSPS) is 15.8. The molecule has 0 spiro atoms. The van der Waals surface area contributed by atoms with Gasteiger partial charge in [-0.15, -0.1) is 0 Å². The maximum atomic E-state index is 12.7. The van der Waals surface area contributed by atoms with Gasteiger partial charge < -0.3 is 5.32 Å². The van der Waals surface area contributed by atoms with Crippen molar-refractivity contribution in [2.75, 3.05) is 13.1 Å². The molecular weight excluding hydrogens is 394 g/mol. The lowest BCUT2D eigenvalue weighted by molar-refractivity contribution is -0.384. The average Bonchev–Trinajstić information content (AvgIpc) is 2.72. The number of non-ortho nitro benzene ring substituents is 1. The van der Waals surface area contributed by atoms with Gasteiger partial charge in [0.2, 0.25) is 15.9 Å². The molecule has 2 aromatic carbocycles.